The second-order valence-corrected chi connectivity index (χ2v) is 4.71. The smallest absolute Gasteiger partial charge is 0.152 e. The van der Waals surface area contributed by atoms with Gasteiger partial charge in [0.1, 0.15) is 12.4 Å². The maximum atomic E-state index is 11.2. The van der Waals surface area contributed by atoms with E-state index in [-0.39, 0.29) is 5.78 Å². The van der Waals surface area contributed by atoms with Crippen molar-refractivity contribution in [3.8, 4) is 5.75 Å². The van der Waals surface area contributed by atoms with Gasteiger partial charge < -0.3 is 4.74 Å². The van der Waals surface area contributed by atoms with E-state index in [0.29, 0.717) is 6.61 Å². The molecule has 2 aromatic rings. The standard InChI is InChI=1S/C18H18O2/c1-14(12-15(2)19)17-10-6-7-11-18(17)20-13-16-8-4-3-5-9-16/h3-12H,13H2,1-2H3/b14-12+. The summed E-state index contributed by atoms with van der Waals surface area (Å²) in [5.74, 6) is 0.840. The van der Waals surface area contributed by atoms with Crippen LogP contribution in [-0.2, 0) is 11.4 Å². The summed E-state index contributed by atoms with van der Waals surface area (Å²) in [6, 6.07) is 17.8. The third-order valence-corrected chi connectivity index (χ3v) is 2.97. The molecule has 0 aliphatic rings. The molecule has 0 heterocycles. The summed E-state index contributed by atoms with van der Waals surface area (Å²) < 4.78 is 5.87. The van der Waals surface area contributed by atoms with Gasteiger partial charge in [0, 0.05) is 5.56 Å². The van der Waals surface area contributed by atoms with E-state index >= 15 is 0 Å². The number of benzene rings is 2. The van der Waals surface area contributed by atoms with Gasteiger partial charge in [-0.2, -0.15) is 0 Å². The van der Waals surface area contributed by atoms with Gasteiger partial charge in [0.05, 0.1) is 0 Å². The molecule has 0 bridgehead atoms. The first-order chi connectivity index (χ1) is 9.66. The normalized spacial score (nSPS) is 11.2. The summed E-state index contributed by atoms with van der Waals surface area (Å²) in [5, 5.41) is 0. The van der Waals surface area contributed by atoms with Crippen LogP contribution in [-0.4, -0.2) is 5.78 Å². The number of para-hydroxylation sites is 1. The first kappa shape index (κ1) is 14.1. The van der Waals surface area contributed by atoms with E-state index in [1.165, 1.54) is 0 Å². The molecule has 0 atom stereocenters. The third-order valence-electron chi connectivity index (χ3n) is 2.97. The number of hydrogen-bond acceptors (Lipinski definition) is 2. The number of hydrogen-bond donors (Lipinski definition) is 0. The molecular weight excluding hydrogens is 248 g/mol. The Bertz CT molecular complexity index is 612. The average molecular weight is 266 g/mol. The van der Waals surface area contributed by atoms with Gasteiger partial charge in [-0.25, -0.2) is 0 Å². The molecule has 0 aromatic heterocycles. The minimum atomic E-state index is 0.0420. The molecule has 0 fully saturated rings. The lowest BCUT2D eigenvalue weighted by Crippen LogP contribution is -1.98. The Morgan fingerprint density at radius 1 is 1.00 bits per heavy atom. The van der Waals surface area contributed by atoms with Crippen molar-refractivity contribution >= 4 is 11.4 Å². The van der Waals surface area contributed by atoms with Gasteiger partial charge in [-0.1, -0.05) is 48.5 Å². The van der Waals surface area contributed by atoms with Crippen molar-refractivity contribution < 1.29 is 9.53 Å². The monoisotopic (exact) mass is 266 g/mol. The van der Waals surface area contributed by atoms with Crippen LogP contribution in [0.3, 0.4) is 0 Å². The molecule has 0 spiro atoms. The highest BCUT2D eigenvalue weighted by Crippen LogP contribution is 2.26. The predicted molar refractivity (Wildman–Crippen MR) is 81.5 cm³/mol. The van der Waals surface area contributed by atoms with E-state index in [2.05, 4.69) is 0 Å². The summed E-state index contributed by atoms with van der Waals surface area (Å²) in [4.78, 5) is 11.2. The van der Waals surface area contributed by atoms with Crippen molar-refractivity contribution in [2.45, 2.75) is 20.5 Å². The van der Waals surface area contributed by atoms with Crippen LogP contribution in [0.5, 0.6) is 5.75 Å². The molecule has 2 heteroatoms. The van der Waals surface area contributed by atoms with Gasteiger partial charge >= 0.3 is 0 Å². The summed E-state index contributed by atoms with van der Waals surface area (Å²) in [6.45, 7) is 3.99. The lowest BCUT2D eigenvalue weighted by atomic mass is 10.1. The number of ketones is 1. The summed E-state index contributed by atoms with van der Waals surface area (Å²) >= 11 is 0. The van der Waals surface area contributed by atoms with E-state index in [9.17, 15) is 4.79 Å². The maximum Gasteiger partial charge on any atom is 0.152 e. The molecule has 0 saturated heterocycles. The van der Waals surface area contributed by atoms with Crippen LogP contribution in [0.1, 0.15) is 25.0 Å². The molecule has 0 amide bonds. The van der Waals surface area contributed by atoms with Gasteiger partial charge in [-0.3, -0.25) is 4.79 Å². The van der Waals surface area contributed by atoms with Crippen molar-refractivity contribution in [1.82, 2.24) is 0 Å². The zero-order chi connectivity index (χ0) is 14.4. The highest BCUT2D eigenvalue weighted by molar-refractivity contribution is 5.95. The molecule has 0 aliphatic heterocycles. The average Bonchev–Trinajstić information content (AvgIpc) is 2.46. The molecule has 20 heavy (non-hydrogen) atoms. The molecule has 2 nitrogen and oxygen atoms in total. The quantitative estimate of drug-likeness (QED) is 0.756. The number of carbonyl (C=O) groups excluding carboxylic acids is 1. The number of carbonyl (C=O) groups is 1. The fourth-order valence-electron chi connectivity index (χ4n) is 2.04. The Kier molecular flexibility index (Phi) is 4.72. The summed E-state index contributed by atoms with van der Waals surface area (Å²) in [6.07, 6.45) is 1.63. The van der Waals surface area contributed by atoms with Crippen LogP contribution in [0.2, 0.25) is 0 Å². The van der Waals surface area contributed by atoms with Crippen molar-refractivity contribution in [3.05, 3.63) is 71.8 Å². The topological polar surface area (TPSA) is 26.3 Å². The number of allylic oxidation sites excluding steroid dienone is 2. The van der Waals surface area contributed by atoms with Crippen molar-refractivity contribution in [3.63, 3.8) is 0 Å². The zero-order valence-electron chi connectivity index (χ0n) is 11.8. The molecule has 0 radical (unpaired) electrons. The number of ether oxygens (including phenoxy) is 1. The van der Waals surface area contributed by atoms with Crippen LogP contribution in [0, 0.1) is 0 Å². The third kappa shape index (κ3) is 3.82. The van der Waals surface area contributed by atoms with E-state index in [1.54, 1.807) is 13.0 Å². The fraction of sp³-hybridized carbons (Fsp3) is 0.167. The molecule has 2 rings (SSSR count). The van der Waals surface area contributed by atoms with Gasteiger partial charge in [0.25, 0.3) is 0 Å². The molecule has 0 unspecified atom stereocenters. The van der Waals surface area contributed by atoms with Crippen LogP contribution < -0.4 is 4.74 Å². The van der Waals surface area contributed by atoms with Crippen LogP contribution in [0.25, 0.3) is 5.57 Å². The van der Waals surface area contributed by atoms with Gasteiger partial charge in [-0.05, 0) is 37.1 Å². The van der Waals surface area contributed by atoms with Crippen molar-refractivity contribution in [1.29, 1.82) is 0 Å². The first-order valence-corrected chi connectivity index (χ1v) is 6.62. The Morgan fingerprint density at radius 3 is 2.35 bits per heavy atom. The number of rotatable bonds is 5. The van der Waals surface area contributed by atoms with Crippen molar-refractivity contribution in [2.75, 3.05) is 0 Å². The van der Waals surface area contributed by atoms with E-state index in [4.69, 9.17) is 4.74 Å². The zero-order valence-corrected chi connectivity index (χ0v) is 11.8. The van der Waals surface area contributed by atoms with E-state index in [0.717, 1.165) is 22.4 Å². The minimum absolute atomic E-state index is 0.0420. The Morgan fingerprint density at radius 2 is 1.65 bits per heavy atom. The highest BCUT2D eigenvalue weighted by Gasteiger charge is 2.05. The minimum Gasteiger partial charge on any atom is -0.488 e. The second kappa shape index (κ2) is 6.71. The first-order valence-electron chi connectivity index (χ1n) is 6.62. The predicted octanol–water partition coefficient (Wildman–Crippen LogP) is 4.26. The summed E-state index contributed by atoms with van der Waals surface area (Å²) in [5.41, 5.74) is 3.00. The van der Waals surface area contributed by atoms with Gasteiger partial charge in [-0.15, -0.1) is 0 Å². The van der Waals surface area contributed by atoms with Gasteiger partial charge in [0.2, 0.25) is 0 Å². The van der Waals surface area contributed by atoms with Crippen LogP contribution in [0.4, 0.5) is 0 Å². The van der Waals surface area contributed by atoms with Crippen molar-refractivity contribution in [2.24, 2.45) is 0 Å². The Hall–Kier alpha value is -2.35. The SMILES string of the molecule is CC(=O)/C=C(\C)c1ccccc1OCc1ccccc1. The molecular formula is C18H18O2. The van der Waals surface area contributed by atoms with Gasteiger partial charge in [0.15, 0.2) is 5.78 Å². The van der Waals surface area contributed by atoms with E-state index < -0.39 is 0 Å². The molecule has 102 valence electrons. The molecule has 2 aromatic carbocycles. The highest BCUT2D eigenvalue weighted by atomic mass is 16.5. The molecule has 0 N–H and O–H groups in total. The summed E-state index contributed by atoms with van der Waals surface area (Å²) in [7, 11) is 0. The Balaban J connectivity index is 2.18. The van der Waals surface area contributed by atoms with Crippen LogP contribution in [0.15, 0.2) is 60.7 Å². The van der Waals surface area contributed by atoms with Crippen LogP contribution >= 0.6 is 0 Å². The largest absolute Gasteiger partial charge is 0.488 e. The lowest BCUT2D eigenvalue weighted by Gasteiger charge is -2.11. The Labute approximate surface area is 119 Å². The second-order valence-electron chi connectivity index (χ2n) is 4.71. The molecule has 0 aliphatic carbocycles. The lowest BCUT2D eigenvalue weighted by molar-refractivity contribution is -0.112. The fourth-order valence-corrected chi connectivity index (χ4v) is 2.04. The van der Waals surface area contributed by atoms with E-state index in [1.807, 2.05) is 61.5 Å². The maximum absolute atomic E-state index is 11.2. The molecule has 0 saturated carbocycles.